The van der Waals surface area contributed by atoms with Crippen LogP contribution in [0.25, 0.3) is 11.2 Å². The number of nitrogens with one attached hydrogen (secondary N) is 1. The zero-order chi connectivity index (χ0) is 29.2. The summed E-state index contributed by atoms with van der Waals surface area (Å²) < 4.78 is 2.04. The quantitative estimate of drug-likeness (QED) is 0.218. The van der Waals surface area contributed by atoms with E-state index in [0.29, 0.717) is 77.2 Å². The van der Waals surface area contributed by atoms with Crippen LogP contribution in [0.15, 0.2) is 73.1 Å². The third-order valence-electron chi connectivity index (χ3n) is 7.25. The fraction of sp³-hybridized carbons (Fsp3) is 0.226. The second-order valence-corrected chi connectivity index (χ2v) is 11.6. The number of amides is 1. The fourth-order valence-electron chi connectivity index (χ4n) is 5.11. The summed E-state index contributed by atoms with van der Waals surface area (Å²) in [4.78, 5) is 31.6. The molecule has 11 heteroatoms. The van der Waals surface area contributed by atoms with Crippen molar-refractivity contribution in [2.24, 2.45) is 0 Å². The van der Waals surface area contributed by atoms with Crippen LogP contribution in [-0.2, 0) is 13.1 Å². The molecule has 214 valence electrons. The number of benzene rings is 3. The van der Waals surface area contributed by atoms with Gasteiger partial charge in [-0.15, -0.1) is 0 Å². The van der Waals surface area contributed by atoms with Crippen molar-refractivity contribution in [1.82, 2.24) is 24.4 Å². The first kappa shape index (κ1) is 28.3. The van der Waals surface area contributed by atoms with Crippen LogP contribution in [0, 0.1) is 6.92 Å². The number of halogens is 3. The van der Waals surface area contributed by atoms with E-state index in [1.54, 1.807) is 29.4 Å². The summed E-state index contributed by atoms with van der Waals surface area (Å²) in [5, 5.41) is 5.00. The van der Waals surface area contributed by atoms with E-state index in [0.717, 1.165) is 16.8 Å². The van der Waals surface area contributed by atoms with Gasteiger partial charge in [0.05, 0.1) is 12.9 Å². The molecule has 8 nitrogen and oxygen atoms in total. The molecule has 1 saturated heterocycles. The molecule has 1 amide bonds. The number of piperazine rings is 1. The van der Waals surface area contributed by atoms with Crippen LogP contribution in [0.3, 0.4) is 0 Å². The zero-order valence-electron chi connectivity index (χ0n) is 22.9. The van der Waals surface area contributed by atoms with Crippen LogP contribution in [0.1, 0.15) is 27.0 Å². The molecule has 2 aromatic heterocycles. The lowest BCUT2D eigenvalue weighted by atomic mass is 10.1. The van der Waals surface area contributed by atoms with Gasteiger partial charge in [-0.25, -0.2) is 4.98 Å². The number of anilines is 2. The van der Waals surface area contributed by atoms with E-state index < -0.39 is 0 Å². The molecule has 0 radical (unpaired) electrons. The van der Waals surface area contributed by atoms with Crippen molar-refractivity contribution < 1.29 is 4.79 Å². The first-order chi connectivity index (χ1) is 20.3. The molecule has 3 aromatic carbocycles. The summed E-state index contributed by atoms with van der Waals surface area (Å²) in [6, 6.07) is 21.0. The predicted molar refractivity (Wildman–Crippen MR) is 169 cm³/mol. The average molecular weight is 621 g/mol. The molecule has 0 spiro atoms. The third-order valence-corrected chi connectivity index (χ3v) is 8.06. The third kappa shape index (κ3) is 6.16. The predicted octanol–water partition coefficient (Wildman–Crippen LogP) is 6.72. The Morgan fingerprint density at radius 2 is 1.67 bits per heavy atom. The molecule has 42 heavy (non-hydrogen) atoms. The molecular weight excluding hydrogens is 593 g/mol. The number of nitrogens with zero attached hydrogens (tertiary/aromatic N) is 6. The number of aryl methyl sites for hydroxylation is 1. The van der Waals surface area contributed by atoms with Gasteiger partial charge >= 0.3 is 0 Å². The summed E-state index contributed by atoms with van der Waals surface area (Å²) >= 11 is 18.7. The van der Waals surface area contributed by atoms with E-state index in [-0.39, 0.29) is 5.91 Å². The fourth-order valence-corrected chi connectivity index (χ4v) is 5.84. The lowest BCUT2D eigenvalue weighted by Crippen LogP contribution is -2.49. The number of hydrogen-bond donors (Lipinski definition) is 1. The number of fused-ring (bicyclic) bond motifs is 1. The Balaban J connectivity index is 1.28. The van der Waals surface area contributed by atoms with Crippen molar-refractivity contribution in [3.05, 3.63) is 110 Å². The summed E-state index contributed by atoms with van der Waals surface area (Å²) in [6.07, 6.45) is 1.80. The first-order valence-corrected chi connectivity index (χ1v) is 14.7. The number of hydrogen-bond acceptors (Lipinski definition) is 6. The van der Waals surface area contributed by atoms with Crippen LogP contribution in [0.2, 0.25) is 15.1 Å². The van der Waals surface area contributed by atoms with Crippen LogP contribution < -0.4 is 10.2 Å². The minimum Gasteiger partial charge on any atom is -0.364 e. The largest absolute Gasteiger partial charge is 0.364 e. The molecule has 0 atom stereocenters. The van der Waals surface area contributed by atoms with Gasteiger partial charge in [-0.3, -0.25) is 4.79 Å². The van der Waals surface area contributed by atoms with Crippen LogP contribution >= 0.6 is 34.8 Å². The SMILES string of the molecule is Cc1cccc(Cn2cnc3c(NCc4ccccc4Cl)nc(N4CCN(C(=O)c5cc(Cl)cc(Cl)c5)CC4)nc32)c1. The highest BCUT2D eigenvalue weighted by Gasteiger charge is 2.25. The molecule has 0 saturated carbocycles. The smallest absolute Gasteiger partial charge is 0.254 e. The summed E-state index contributed by atoms with van der Waals surface area (Å²) in [5.41, 5.74) is 5.21. The van der Waals surface area contributed by atoms with Gasteiger partial charge < -0.3 is 19.7 Å². The Morgan fingerprint density at radius 3 is 2.40 bits per heavy atom. The summed E-state index contributed by atoms with van der Waals surface area (Å²) in [6.45, 7) is 5.36. The number of aromatic nitrogens is 4. The van der Waals surface area contributed by atoms with Crippen molar-refractivity contribution in [2.75, 3.05) is 36.4 Å². The standard InChI is InChI=1S/C31H28Cl3N7O/c1-20-5-4-6-21(13-20)18-41-19-36-27-28(35-17-22-7-2-3-8-26(22)34)37-31(38-29(27)41)40-11-9-39(10-12-40)30(42)23-14-24(32)16-25(33)15-23/h2-8,13-16,19H,9-12,17-18H2,1H3,(H,35,37,38). The molecule has 1 N–H and O–H groups in total. The molecule has 5 aromatic rings. The minimum absolute atomic E-state index is 0.103. The highest BCUT2D eigenvalue weighted by molar-refractivity contribution is 6.35. The minimum atomic E-state index is -0.103. The molecule has 6 rings (SSSR count). The van der Waals surface area contributed by atoms with Gasteiger partial charge in [-0.1, -0.05) is 82.8 Å². The Hall–Kier alpha value is -3.85. The van der Waals surface area contributed by atoms with E-state index in [1.165, 1.54) is 5.56 Å². The number of carbonyl (C=O) groups excluding carboxylic acids is 1. The average Bonchev–Trinajstić information content (AvgIpc) is 3.38. The Kier molecular flexibility index (Phi) is 8.20. The molecule has 1 fully saturated rings. The van der Waals surface area contributed by atoms with Crippen molar-refractivity contribution in [2.45, 2.75) is 20.0 Å². The van der Waals surface area contributed by atoms with Gasteiger partial charge in [-0.2, -0.15) is 9.97 Å². The van der Waals surface area contributed by atoms with Gasteiger partial charge in [-0.05, 0) is 42.3 Å². The lowest BCUT2D eigenvalue weighted by Gasteiger charge is -2.35. The van der Waals surface area contributed by atoms with Gasteiger partial charge in [0.25, 0.3) is 5.91 Å². The van der Waals surface area contributed by atoms with Crippen LogP contribution in [0.5, 0.6) is 0 Å². The molecule has 3 heterocycles. The Labute approximate surface area is 258 Å². The van der Waals surface area contributed by atoms with E-state index in [9.17, 15) is 4.79 Å². The van der Waals surface area contributed by atoms with Gasteiger partial charge in [0, 0.05) is 53.4 Å². The summed E-state index contributed by atoms with van der Waals surface area (Å²) in [5.74, 6) is 1.10. The van der Waals surface area contributed by atoms with Gasteiger partial charge in [0.15, 0.2) is 17.0 Å². The highest BCUT2D eigenvalue weighted by atomic mass is 35.5. The van der Waals surface area contributed by atoms with Crippen LogP contribution in [-0.4, -0.2) is 56.5 Å². The number of imidazole rings is 1. The van der Waals surface area contributed by atoms with E-state index in [2.05, 4.69) is 41.4 Å². The van der Waals surface area contributed by atoms with Crippen molar-refractivity contribution in [3.63, 3.8) is 0 Å². The molecule has 1 aliphatic heterocycles. The molecule has 1 aliphatic rings. The molecular formula is C31H28Cl3N7O. The summed E-state index contributed by atoms with van der Waals surface area (Å²) in [7, 11) is 0. The Bertz CT molecular complexity index is 1750. The van der Waals surface area contributed by atoms with Crippen molar-refractivity contribution in [3.8, 4) is 0 Å². The molecule has 0 unspecified atom stereocenters. The maximum absolute atomic E-state index is 13.2. The topological polar surface area (TPSA) is 79.2 Å². The first-order valence-electron chi connectivity index (χ1n) is 13.6. The molecule has 0 aliphatic carbocycles. The van der Waals surface area contributed by atoms with E-state index in [1.807, 2.05) is 28.8 Å². The van der Waals surface area contributed by atoms with E-state index in [4.69, 9.17) is 49.8 Å². The highest BCUT2D eigenvalue weighted by Crippen LogP contribution is 2.26. The maximum atomic E-state index is 13.2. The van der Waals surface area contributed by atoms with Crippen molar-refractivity contribution in [1.29, 1.82) is 0 Å². The Morgan fingerprint density at radius 1 is 0.905 bits per heavy atom. The second kappa shape index (κ2) is 12.2. The van der Waals surface area contributed by atoms with E-state index >= 15 is 0 Å². The van der Waals surface area contributed by atoms with Gasteiger partial charge in [0.2, 0.25) is 5.95 Å². The number of carbonyl (C=O) groups is 1. The maximum Gasteiger partial charge on any atom is 0.254 e. The molecule has 0 bridgehead atoms. The zero-order valence-corrected chi connectivity index (χ0v) is 25.2. The van der Waals surface area contributed by atoms with Crippen LogP contribution in [0.4, 0.5) is 11.8 Å². The lowest BCUT2D eigenvalue weighted by molar-refractivity contribution is 0.0746. The normalized spacial score (nSPS) is 13.5. The second-order valence-electron chi connectivity index (χ2n) is 10.3. The number of rotatable bonds is 7. The van der Waals surface area contributed by atoms with Gasteiger partial charge in [0.1, 0.15) is 0 Å². The monoisotopic (exact) mass is 619 g/mol. The van der Waals surface area contributed by atoms with Crippen molar-refractivity contribution >= 4 is 63.6 Å².